The first-order valence-corrected chi connectivity index (χ1v) is 10.8. The summed E-state index contributed by atoms with van der Waals surface area (Å²) in [5, 5.41) is 14.5. The van der Waals surface area contributed by atoms with Gasteiger partial charge in [-0.3, -0.25) is 4.57 Å². The summed E-state index contributed by atoms with van der Waals surface area (Å²) in [4.78, 5) is 15.0. The Morgan fingerprint density at radius 1 is 1.15 bits per heavy atom. The number of halogens is 3. The Morgan fingerprint density at radius 3 is 2.74 bits per heavy atom. The van der Waals surface area contributed by atoms with Gasteiger partial charge in [0, 0.05) is 18.3 Å². The number of likely N-dealkylation sites (tertiary alicyclic amines) is 1. The van der Waals surface area contributed by atoms with E-state index in [2.05, 4.69) is 5.32 Å². The monoisotopic (exact) mass is 490 g/mol. The first kappa shape index (κ1) is 20.9. The number of thiocarbonyl (C=S) groups is 1. The van der Waals surface area contributed by atoms with Gasteiger partial charge < -0.3 is 24.8 Å². The number of hydrogen-bond donors (Lipinski definition) is 2. The van der Waals surface area contributed by atoms with Crippen LogP contribution in [-0.4, -0.2) is 37.6 Å². The summed E-state index contributed by atoms with van der Waals surface area (Å²) in [7, 11) is 0. The van der Waals surface area contributed by atoms with Crippen molar-refractivity contribution in [3.63, 3.8) is 0 Å². The number of rotatable bonds is 2. The topological polar surface area (TPSA) is 80.9 Å². The second kappa shape index (κ2) is 7.16. The van der Waals surface area contributed by atoms with Crippen molar-refractivity contribution in [3.8, 4) is 23.1 Å². The molecule has 0 aliphatic carbocycles. The molecule has 2 aromatic carbocycles. The van der Waals surface area contributed by atoms with Crippen molar-refractivity contribution in [2.24, 2.45) is 0 Å². The Balaban J connectivity index is 1.31. The van der Waals surface area contributed by atoms with Crippen LogP contribution in [0.15, 0.2) is 47.3 Å². The molecule has 1 saturated heterocycles. The van der Waals surface area contributed by atoms with E-state index in [4.69, 9.17) is 21.7 Å². The Bertz CT molecular complexity index is 1400. The van der Waals surface area contributed by atoms with Crippen LogP contribution in [0, 0.1) is 0 Å². The van der Waals surface area contributed by atoms with Gasteiger partial charge in [-0.1, -0.05) is 6.07 Å². The van der Waals surface area contributed by atoms with E-state index in [-0.39, 0.29) is 24.4 Å². The van der Waals surface area contributed by atoms with E-state index in [9.17, 15) is 23.1 Å². The Hall–Kier alpha value is -3.67. The molecule has 0 spiro atoms. The number of aromatic nitrogens is 2. The van der Waals surface area contributed by atoms with Crippen LogP contribution in [-0.2, 0) is 6.18 Å². The number of aromatic hydroxyl groups is 1. The summed E-state index contributed by atoms with van der Waals surface area (Å²) in [6.45, 7) is 0.582. The van der Waals surface area contributed by atoms with Gasteiger partial charge in [0.25, 0.3) is 0 Å². The zero-order valence-electron chi connectivity index (χ0n) is 17.4. The molecule has 12 heteroatoms. The molecule has 8 nitrogen and oxygen atoms in total. The number of nitrogens with one attached hydrogen (secondary N) is 1. The summed E-state index contributed by atoms with van der Waals surface area (Å²) in [6.07, 6.45) is -4.01. The average molecular weight is 490 g/mol. The molecule has 2 bridgehead atoms. The maximum absolute atomic E-state index is 13.2. The molecule has 4 heterocycles. The van der Waals surface area contributed by atoms with Crippen LogP contribution in [0.5, 0.6) is 17.4 Å². The zero-order chi connectivity index (χ0) is 23.8. The van der Waals surface area contributed by atoms with Gasteiger partial charge in [-0.15, -0.1) is 0 Å². The fourth-order valence-corrected chi connectivity index (χ4v) is 5.21. The maximum atomic E-state index is 13.2. The molecule has 3 aromatic rings. The molecule has 6 rings (SSSR count). The minimum Gasteiger partial charge on any atom is -0.493 e. The lowest BCUT2D eigenvalue weighted by Crippen LogP contribution is -2.39. The Morgan fingerprint density at radius 2 is 1.94 bits per heavy atom. The van der Waals surface area contributed by atoms with Gasteiger partial charge in [-0.05, 0) is 49.0 Å². The molecule has 1 aromatic heterocycles. The smallest absolute Gasteiger partial charge is 0.416 e. The van der Waals surface area contributed by atoms with E-state index in [0.717, 1.165) is 16.7 Å². The average Bonchev–Trinajstić information content (AvgIpc) is 3.56. The molecule has 2 N–H and O–H groups in total. The van der Waals surface area contributed by atoms with Gasteiger partial charge in [0.1, 0.15) is 5.69 Å². The van der Waals surface area contributed by atoms with Crippen molar-refractivity contribution in [3.05, 3.63) is 64.2 Å². The molecule has 3 aliphatic rings. The minimum absolute atomic E-state index is 0.0498. The van der Waals surface area contributed by atoms with E-state index in [1.165, 1.54) is 16.7 Å². The third-order valence-corrected chi connectivity index (χ3v) is 6.71. The van der Waals surface area contributed by atoms with E-state index >= 15 is 0 Å². The highest BCUT2D eigenvalue weighted by molar-refractivity contribution is 7.80. The molecule has 2 atom stereocenters. The first-order chi connectivity index (χ1) is 16.2. The molecule has 34 heavy (non-hydrogen) atoms. The third kappa shape index (κ3) is 3.05. The van der Waals surface area contributed by atoms with Gasteiger partial charge in [0.2, 0.25) is 12.7 Å². The van der Waals surface area contributed by atoms with Crippen LogP contribution in [0.2, 0.25) is 0 Å². The number of hydrogen-bond acceptors (Lipinski definition) is 5. The maximum Gasteiger partial charge on any atom is 0.416 e. The van der Waals surface area contributed by atoms with Crippen molar-refractivity contribution >= 4 is 23.0 Å². The standard InChI is InChI=1S/C22H17F3N4O4S/c23-22(24,25)11-2-1-3-13(6-11)29-19(30)18-15-8-14(28(18)21(29)31)9-27(15)20(34)26-12-4-5-16-17(7-12)33-10-32-16/h1-7,14-15,30H,8-10H2,(H,26,34)/t14?,15-/m1/s1. The minimum atomic E-state index is -4.57. The van der Waals surface area contributed by atoms with Gasteiger partial charge in [0.05, 0.1) is 23.3 Å². The largest absolute Gasteiger partial charge is 0.493 e. The highest BCUT2D eigenvalue weighted by atomic mass is 32.1. The first-order valence-electron chi connectivity index (χ1n) is 10.4. The van der Waals surface area contributed by atoms with Gasteiger partial charge in [-0.25, -0.2) is 9.36 Å². The van der Waals surface area contributed by atoms with E-state index < -0.39 is 23.5 Å². The molecule has 3 aliphatic heterocycles. The second-order valence-corrected chi connectivity index (χ2v) is 8.69. The molecule has 1 unspecified atom stereocenters. The number of ether oxygens (including phenoxy) is 2. The molecular formula is C22H17F3N4O4S. The molecule has 1 fully saturated rings. The van der Waals surface area contributed by atoms with Gasteiger partial charge >= 0.3 is 11.9 Å². The zero-order valence-corrected chi connectivity index (χ0v) is 18.2. The lowest BCUT2D eigenvalue weighted by atomic mass is 10.2. The Labute approximate surface area is 195 Å². The van der Waals surface area contributed by atoms with Crippen molar-refractivity contribution in [1.82, 2.24) is 14.0 Å². The third-order valence-electron chi connectivity index (χ3n) is 6.37. The van der Waals surface area contributed by atoms with Crippen molar-refractivity contribution in [1.29, 1.82) is 0 Å². The van der Waals surface area contributed by atoms with Crippen LogP contribution in [0.3, 0.4) is 0 Å². The van der Waals surface area contributed by atoms with Gasteiger partial charge in [0.15, 0.2) is 16.6 Å². The fraction of sp³-hybridized carbons (Fsp3) is 0.273. The lowest BCUT2D eigenvalue weighted by Gasteiger charge is -2.30. The predicted octanol–water partition coefficient (Wildman–Crippen LogP) is 3.79. The van der Waals surface area contributed by atoms with E-state index in [1.54, 1.807) is 18.2 Å². The highest BCUT2D eigenvalue weighted by Gasteiger charge is 2.48. The van der Waals surface area contributed by atoms with Crippen molar-refractivity contribution in [2.75, 3.05) is 18.7 Å². The summed E-state index contributed by atoms with van der Waals surface area (Å²) in [5.74, 6) is 0.856. The second-order valence-electron chi connectivity index (χ2n) is 8.30. The number of alkyl halides is 3. The number of anilines is 1. The van der Waals surface area contributed by atoms with Crippen LogP contribution in [0.25, 0.3) is 5.69 Å². The summed E-state index contributed by atoms with van der Waals surface area (Å²) < 4.78 is 52.6. The van der Waals surface area contributed by atoms with Crippen molar-refractivity contribution < 1.29 is 27.8 Å². The summed E-state index contributed by atoms with van der Waals surface area (Å²) in [6, 6.07) is 9.01. The van der Waals surface area contributed by atoms with Crippen LogP contribution in [0.4, 0.5) is 18.9 Å². The van der Waals surface area contributed by atoms with E-state index in [0.29, 0.717) is 41.0 Å². The SMILES string of the molecule is O=c1n(-c2cccc(C(F)(F)F)c2)c(O)c2n1C1C[C@H]2N(C(=S)Nc2ccc3c(c2)OCO3)C1. The summed E-state index contributed by atoms with van der Waals surface area (Å²) >= 11 is 5.59. The Kier molecular flexibility index (Phi) is 4.40. The predicted molar refractivity (Wildman–Crippen MR) is 119 cm³/mol. The number of imidazole rings is 1. The lowest BCUT2D eigenvalue weighted by molar-refractivity contribution is -0.137. The van der Waals surface area contributed by atoms with Crippen molar-refractivity contribution in [2.45, 2.75) is 24.7 Å². The molecule has 0 saturated carbocycles. The number of benzene rings is 2. The quantitative estimate of drug-likeness (QED) is 0.529. The van der Waals surface area contributed by atoms with Crippen LogP contribution in [0.1, 0.15) is 29.8 Å². The molecule has 0 radical (unpaired) electrons. The number of fused-ring (bicyclic) bond motifs is 6. The summed E-state index contributed by atoms with van der Waals surface area (Å²) in [5.41, 5.74) is -0.491. The molecule has 0 amide bonds. The molecular weight excluding hydrogens is 473 g/mol. The van der Waals surface area contributed by atoms with Crippen LogP contribution >= 0.6 is 12.2 Å². The van der Waals surface area contributed by atoms with Crippen LogP contribution < -0.4 is 20.5 Å². The number of nitrogens with zero attached hydrogens (tertiary/aromatic N) is 3. The highest BCUT2D eigenvalue weighted by Crippen LogP contribution is 2.49. The van der Waals surface area contributed by atoms with Gasteiger partial charge in [-0.2, -0.15) is 13.2 Å². The van der Waals surface area contributed by atoms with E-state index in [1.807, 2.05) is 4.90 Å². The molecule has 176 valence electrons. The fourth-order valence-electron chi connectivity index (χ4n) is 4.89. The normalized spacial score (nSPS) is 20.0.